The van der Waals surface area contributed by atoms with Crippen molar-refractivity contribution in [3.05, 3.63) is 0 Å². The lowest BCUT2D eigenvalue weighted by Crippen LogP contribution is -2.42. The van der Waals surface area contributed by atoms with Crippen molar-refractivity contribution < 1.29 is 8.42 Å². The molecular weight excluding hydrogens is 340 g/mol. The molecule has 0 bridgehead atoms. The number of hydrogen-bond donors (Lipinski definition) is 0. The normalized spacial score (nSPS) is 33.3. The van der Waals surface area contributed by atoms with Gasteiger partial charge in [0.2, 0.25) is 0 Å². The van der Waals surface area contributed by atoms with Crippen LogP contribution in [0.2, 0.25) is 0 Å². The molecule has 0 aromatic rings. The maximum atomic E-state index is 12.4. The Kier molecular flexibility index (Phi) is 8.97. The predicted octanol–water partition coefficient (Wildman–Crippen LogP) is 6.93. The summed E-state index contributed by atoms with van der Waals surface area (Å²) in [6.07, 6.45) is 21.6. The van der Waals surface area contributed by atoms with E-state index in [9.17, 15) is 8.42 Å². The summed E-state index contributed by atoms with van der Waals surface area (Å²) in [6, 6.07) is 0. The van der Waals surface area contributed by atoms with Gasteiger partial charge in [0.15, 0.2) is 9.84 Å². The molecule has 0 heterocycles. The van der Waals surface area contributed by atoms with E-state index >= 15 is 0 Å². The predicted molar refractivity (Wildman–Crippen MR) is 113 cm³/mol. The molecule has 0 amide bonds. The molecule has 0 aliphatic heterocycles. The zero-order chi connectivity index (χ0) is 19.0. The fourth-order valence-corrected chi connectivity index (χ4v) is 7.44. The molecule has 0 radical (unpaired) electrons. The minimum Gasteiger partial charge on any atom is -0.229 e. The SMILES string of the molecule is CCCCCCCC1CCC(C2CCC(CCC)(S(C)(=O)=O)CC2)CC1. The van der Waals surface area contributed by atoms with Crippen LogP contribution in [0.15, 0.2) is 0 Å². The van der Waals surface area contributed by atoms with Crippen LogP contribution < -0.4 is 0 Å². The Morgan fingerprint density at radius 3 is 1.88 bits per heavy atom. The van der Waals surface area contributed by atoms with E-state index in [-0.39, 0.29) is 0 Å². The highest BCUT2D eigenvalue weighted by Crippen LogP contribution is 2.46. The molecule has 0 aromatic carbocycles. The van der Waals surface area contributed by atoms with Gasteiger partial charge >= 0.3 is 0 Å². The molecule has 2 aliphatic carbocycles. The molecule has 0 N–H and O–H groups in total. The first-order valence-electron chi connectivity index (χ1n) is 11.6. The summed E-state index contributed by atoms with van der Waals surface area (Å²) in [5, 5.41) is 0. The van der Waals surface area contributed by atoms with Crippen molar-refractivity contribution >= 4 is 9.84 Å². The second-order valence-electron chi connectivity index (χ2n) is 9.53. The smallest absolute Gasteiger partial charge is 0.153 e. The summed E-state index contributed by atoms with van der Waals surface area (Å²) in [5.74, 6) is 2.66. The molecule has 26 heavy (non-hydrogen) atoms. The summed E-state index contributed by atoms with van der Waals surface area (Å²) in [6.45, 7) is 4.41. The van der Waals surface area contributed by atoms with Gasteiger partial charge in [0, 0.05) is 6.26 Å². The summed E-state index contributed by atoms with van der Waals surface area (Å²) < 4.78 is 24.4. The zero-order valence-electron chi connectivity index (χ0n) is 17.8. The van der Waals surface area contributed by atoms with Crippen LogP contribution in [0.25, 0.3) is 0 Å². The number of rotatable bonds is 10. The van der Waals surface area contributed by atoms with Gasteiger partial charge in [-0.15, -0.1) is 0 Å². The first kappa shape index (κ1) is 22.2. The van der Waals surface area contributed by atoms with Crippen molar-refractivity contribution in [3.8, 4) is 0 Å². The van der Waals surface area contributed by atoms with Crippen molar-refractivity contribution in [2.24, 2.45) is 17.8 Å². The van der Waals surface area contributed by atoms with Gasteiger partial charge in [-0.3, -0.25) is 0 Å². The van der Waals surface area contributed by atoms with Crippen LogP contribution >= 0.6 is 0 Å². The Balaban J connectivity index is 1.72. The molecule has 2 nitrogen and oxygen atoms in total. The molecule has 2 fully saturated rings. The van der Waals surface area contributed by atoms with E-state index in [1.54, 1.807) is 0 Å². The van der Waals surface area contributed by atoms with E-state index in [0.29, 0.717) is 0 Å². The van der Waals surface area contributed by atoms with E-state index in [0.717, 1.165) is 56.3 Å². The average molecular weight is 385 g/mol. The fraction of sp³-hybridized carbons (Fsp3) is 1.00. The number of sulfone groups is 1. The van der Waals surface area contributed by atoms with Gasteiger partial charge in [-0.25, -0.2) is 8.42 Å². The Labute approximate surface area is 163 Å². The monoisotopic (exact) mass is 384 g/mol. The molecule has 2 rings (SSSR count). The maximum absolute atomic E-state index is 12.4. The highest BCUT2D eigenvalue weighted by molar-refractivity contribution is 7.92. The van der Waals surface area contributed by atoms with Crippen LogP contribution in [0.5, 0.6) is 0 Å². The average Bonchev–Trinajstić information content (AvgIpc) is 2.62. The molecule has 0 spiro atoms. The third-order valence-corrected chi connectivity index (χ3v) is 9.89. The Hall–Kier alpha value is -0.0500. The topological polar surface area (TPSA) is 34.1 Å². The van der Waals surface area contributed by atoms with Crippen molar-refractivity contribution in [3.63, 3.8) is 0 Å². The van der Waals surface area contributed by atoms with Gasteiger partial charge in [0.05, 0.1) is 4.75 Å². The van der Waals surface area contributed by atoms with Gasteiger partial charge in [0.1, 0.15) is 0 Å². The van der Waals surface area contributed by atoms with E-state index in [1.807, 2.05) is 0 Å². The van der Waals surface area contributed by atoms with E-state index < -0.39 is 14.6 Å². The van der Waals surface area contributed by atoms with Gasteiger partial charge in [-0.1, -0.05) is 71.6 Å². The largest absolute Gasteiger partial charge is 0.229 e. The van der Waals surface area contributed by atoms with Crippen molar-refractivity contribution in [2.75, 3.05) is 6.26 Å². The van der Waals surface area contributed by atoms with Crippen molar-refractivity contribution in [1.29, 1.82) is 0 Å². The Bertz CT molecular complexity index is 480. The van der Waals surface area contributed by atoms with Crippen LogP contribution in [-0.4, -0.2) is 19.4 Å². The minimum absolute atomic E-state index is 0.395. The van der Waals surface area contributed by atoms with Crippen LogP contribution in [0.3, 0.4) is 0 Å². The van der Waals surface area contributed by atoms with Gasteiger partial charge in [-0.05, 0) is 62.7 Å². The third kappa shape index (κ3) is 5.97. The van der Waals surface area contributed by atoms with E-state index in [4.69, 9.17) is 0 Å². The standard InChI is InChI=1S/C23H44O2S/c1-4-6-7-8-9-10-20-11-13-21(14-12-20)22-15-18-23(17-5-2,19-16-22)26(3,24)25/h20-22H,4-19H2,1-3H3. The molecule has 3 heteroatoms. The molecule has 0 saturated heterocycles. The first-order valence-corrected chi connectivity index (χ1v) is 13.5. The maximum Gasteiger partial charge on any atom is 0.153 e. The second-order valence-corrected chi connectivity index (χ2v) is 11.9. The molecule has 0 unspecified atom stereocenters. The van der Waals surface area contributed by atoms with Crippen LogP contribution in [0, 0.1) is 17.8 Å². The second kappa shape index (κ2) is 10.5. The summed E-state index contributed by atoms with van der Waals surface area (Å²) in [5.41, 5.74) is 0. The third-order valence-electron chi connectivity index (χ3n) is 7.71. The van der Waals surface area contributed by atoms with Gasteiger partial charge in [0.25, 0.3) is 0 Å². The lowest BCUT2D eigenvalue weighted by molar-refractivity contribution is 0.146. The number of hydrogen-bond acceptors (Lipinski definition) is 2. The molecule has 154 valence electrons. The lowest BCUT2D eigenvalue weighted by atomic mass is 9.68. The summed E-state index contributed by atoms with van der Waals surface area (Å²) >= 11 is 0. The summed E-state index contributed by atoms with van der Waals surface area (Å²) in [4.78, 5) is 0. The molecule has 2 saturated carbocycles. The first-order chi connectivity index (χ1) is 12.4. The van der Waals surface area contributed by atoms with Gasteiger partial charge in [-0.2, -0.15) is 0 Å². The lowest BCUT2D eigenvalue weighted by Gasteiger charge is -2.43. The molecule has 2 aliphatic rings. The fourth-order valence-electron chi connectivity index (χ4n) is 5.88. The van der Waals surface area contributed by atoms with Gasteiger partial charge < -0.3 is 0 Å². The van der Waals surface area contributed by atoms with E-state index in [1.165, 1.54) is 70.5 Å². The molecule has 0 aromatic heterocycles. The van der Waals surface area contributed by atoms with E-state index in [2.05, 4.69) is 13.8 Å². The summed E-state index contributed by atoms with van der Waals surface area (Å²) in [7, 11) is -2.93. The van der Waals surface area contributed by atoms with Crippen LogP contribution in [-0.2, 0) is 9.84 Å². The minimum atomic E-state index is -2.93. The number of unbranched alkanes of at least 4 members (excludes halogenated alkanes) is 4. The van der Waals surface area contributed by atoms with Crippen molar-refractivity contribution in [2.45, 2.75) is 121 Å². The van der Waals surface area contributed by atoms with Crippen LogP contribution in [0.1, 0.15) is 117 Å². The highest BCUT2D eigenvalue weighted by Gasteiger charge is 2.44. The Morgan fingerprint density at radius 1 is 0.769 bits per heavy atom. The van der Waals surface area contributed by atoms with Crippen molar-refractivity contribution in [1.82, 2.24) is 0 Å². The highest BCUT2D eigenvalue weighted by atomic mass is 32.2. The molecule has 0 atom stereocenters. The molecular formula is C23H44O2S. The van der Waals surface area contributed by atoms with Crippen LogP contribution in [0.4, 0.5) is 0 Å². The Morgan fingerprint density at radius 2 is 1.35 bits per heavy atom. The zero-order valence-corrected chi connectivity index (χ0v) is 18.6. The quantitative estimate of drug-likeness (QED) is 0.383.